The normalized spacial score (nSPS) is 10.9. The Kier molecular flexibility index (Phi) is 7.51. The molecule has 0 heterocycles. The fourth-order valence-electron chi connectivity index (χ4n) is 2.42. The summed E-state index contributed by atoms with van der Waals surface area (Å²) in [4.78, 5) is 36.0. The summed E-state index contributed by atoms with van der Waals surface area (Å²) in [7, 11) is 0. The Labute approximate surface area is 164 Å². The summed E-state index contributed by atoms with van der Waals surface area (Å²) in [6.45, 7) is 5.55. The highest BCUT2D eigenvalue weighted by Crippen LogP contribution is 2.14. The minimum atomic E-state index is -0.459. The SMILES string of the molecule is CCCOC(=O)c1ccc(NC(=O)/C(=C\c2ccccc2C)NC(C)=O)cc1. The lowest BCUT2D eigenvalue weighted by atomic mass is 10.1. The molecule has 2 N–H and O–H groups in total. The highest BCUT2D eigenvalue weighted by Gasteiger charge is 2.13. The van der Waals surface area contributed by atoms with Crippen LogP contribution in [0.1, 0.15) is 41.8 Å². The van der Waals surface area contributed by atoms with Crippen LogP contribution in [-0.2, 0) is 14.3 Å². The molecule has 0 atom stereocenters. The van der Waals surface area contributed by atoms with E-state index in [1.807, 2.05) is 38.1 Å². The summed E-state index contributed by atoms with van der Waals surface area (Å²) < 4.78 is 5.07. The van der Waals surface area contributed by atoms with Gasteiger partial charge < -0.3 is 15.4 Å². The molecule has 0 aliphatic rings. The molecule has 6 nitrogen and oxygen atoms in total. The molecule has 0 saturated heterocycles. The molecule has 6 heteroatoms. The summed E-state index contributed by atoms with van der Waals surface area (Å²) in [6, 6.07) is 13.9. The van der Waals surface area contributed by atoms with E-state index < -0.39 is 11.9 Å². The fourth-order valence-corrected chi connectivity index (χ4v) is 2.42. The fraction of sp³-hybridized carbons (Fsp3) is 0.227. The lowest BCUT2D eigenvalue weighted by Crippen LogP contribution is -2.29. The zero-order chi connectivity index (χ0) is 20.5. The molecule has 2 aromatic rings. The van der Waals surface area contributed by atoms with Gasteiger partial charge in [0.25, 0.3) is 5.91 Å². The third kappa shape index (κ3) is 6.09. The second-order valence-corrected chi connectivity index (χ2v) is 6.26. The van der Waals surface area contributed by atoms with Crippen LogP contribution in [-0.4, -0.2) is 24.4 Å². The van der Waals surface area contributed by atoms with E-state index in [1.165, 1.54) is 6.92 Å². The molecular weight excluding hydrogens is 356 g/mol. The van der Waals surface area contributed by atoms with Gasteiger partial charge in [-0.25, -0.2) is 4.79 Å². The number of anilines is 1. The minimum absolute atomic E-state index is 0.133. The Morgan fingerprint density at radius 2 is 1.71 bits per heavy atom. The van der Waals surface area contributed by atoms with E-state index in [-0.39, 0.29) is 11.6 Å². The van der Waals surface area contributed by atoms with Crippen LogP contribution in [0.4, 0.5) is 5.69 Å². The predicted molar refractivity (Wildman–Crippen MR) is 109 cm³/mol. The molecule has 0 saturated carbocycles. The van der Waals surface area contributed by atoms with E-state index in [1.54, 1.807) is 30.3 Å². The second-order valence-electron chi connectivity index (χ2n) is 6.26. The summed E-state index contributed by atoms with van der Waals surface area (Å²) in [5.74, 6) is -1.21. The van der Waals surface area contributed by atoms with Crippen LogP contribution in [0.25, 0.3) is 6.08 Å². The number of rotatable bonds is 7. The maximum atomic E-state index is 12.6. The molecule has 2 rings (SSSR count). The first-order valence-electron chi connectivity index (χ1n) is 9.04. The summed E-state index contributed by atoms with van der Waals surface area (Å²) >= 11 is 0. The highest BCUT2D eigenvalue weighted by atomic mass is 16.5. The number of hydrogen-bond donors (Lipinski definition) is 2. The van der Waals surface area contributed by atoms with Gasteiger partial charge in [0.1, 0.15) is 5.70 Å². The maximum Gasteiger partial charge on any atom is 0.338 e. The van der Waals surface area contributed by atoms with Crippen LogP contribution in [0.2, 0.25) is 0 Å². The standard InChI is InChI=1S/C22H24N2O4/c1-4-13-28-22(27)17-9-11-19(12-10-17)24-21(26)20(23-16(3)25)14-18-8-6-5-7-15(18)2/h5-12,14H,4,13H2,1-3H3,(H,23,25)(H,24,26)/b20-14+. The van der Waals surface area contributed by atoms with E-state index in [0.29, 0.717) is 17.9 Å². The van der Waals surface area contributed by atoms with Gasteiger partial charge in [-0.15, -0.1) is 0 Å². The lowest BCUT2D eigenvalue weighted by molar-refractivity contribution is -0.120. The maximum absolute atomic E-state index is 12.6. The molecule has 0 bridgehead atoms. The smallest absolute Gasteiger partial charge is 0.338 e. The van der Waals surface area contributed by atoms with Crippen molar-refractivity contribution in [3.8, 4) is 0 Å². The van der Waals surface area contributed by atoms with Crippen molar-refractivity contribution < 1.29 is 19.1 Å². The summed E-state index contributed by atoms with van der Waals surface area (Å²) in [5, 5.41) is 5.29. The first-order valence-corrected chi connectivity index (χ1v) is 9.04. The molecule has 0 spiro atoms. The monoisotopic (exact) mass is 380 g/mol. The van der Waals surface area contributed by atoms with Gasteiger partial charge in [-0.05, 0) is 54.8 Å². The minimum Gasteiger partial charge on any atom is -0.462 e. The molecule has 28 heavy (non-hydrogen) atoms. The van der Waals surface area contributed by atoms with Gasteiger partial charge in [-0.3, -0.25) is 9.59 Å². The molecule has 0 aliphatic carbocycles. The van der Waals surface area contributed by atoms with Gasteiger partial charge in [-0.1, -0.05) is 31.2 Å². The molecular formula is C22H24N2O4. The number of hydrogen-bond acceptors (Lipinski definition) is 4. The highest BCUT2D eigenvalue weighted by molar-refractivity contribution is 6.08. The van der Waals surface area contributed by atoms with Crippen molar-refractivity contribution in [3.63, 3.8) is 0 Å². The molecule has 0 fully saturated rings. The number of esters is 1. The Hall–Kier alpha value is -3.41. The third-order valence-corrected chi connectivity index (χ3v) is 3.86. The average molecular weight is 380 g/mol. The Balaban J connectivity index is 2.16. The molecule has 0 aromatic heterocycles. The van der Waals surface area contributed by atoms with Crippen LogP contribution >= 0.6 is 0 Å². The quantitative estimate of drug-likeness (QED) is 0.567. The molecule has 0 aliphatic heterocycles. The number of benzene rings is 2. The van der Waals surface area contributed by atoms with Gasteiger partial charge in [0.15, 0.2) is 0 Å². The van der Waals surface area contributed by atoms with Crippen LogP contribution in [0.3, 0.4) is 0 Å². The van der Waals surface area contributed by atoms with Crippen molar-refractivity contribution in [2.75, 3.05) is 11.9 Å². The van der Waals surface area contributed by atoms with Crippen molar-refractivity contribution in [2.45, 2.75) is 27.2 Å². The number of aryl methyl sites for hydroxylation is 1. The van der Waals surface area contributed by atoms with Crippen molar-refractivity contribution >= 4 is 29.5 Å². The summed E-state index contributed by atoms with van der Waals surface area (Å²) in [5.41, 5.74) is 2.85. The molecule has 0 radical (unpaired) electrons. The van der Waals surface area contributed by atoms with Gasteiger partial charge in [0.05, 0.1) is 12.2 Å². The molecule has 2 aromatic carbocycles. The molecule has 0 unspecified atom stereocenters. The van der Waals surface area contributed by atoms with Gasteiger partial charge >= 0.3 is 5.97 Å². The summed E-state index contributed by atoms with van der Waals surface area (Å²) in [6.07, 6.45) is 2.38. The number of nitrogens with one attached hydrogen (secondary N) is 2. The van der Waals surface area contributed by atoms with E-state index in [4.69, 9.17) is 4.74 Å². The zero-order valence-electron chi connectivity index (χ0n) is 16.2. The van der Waals surface area contributed by atoms with Gasteiger partial charge in [0, 0.05) is 12.6 Å². The molecule has 146 valence electrons. The van der Waals surface area contributed by atoms with Crippen LogP contribution in [0, 0.1) is 6.92 Å². The average Bonchev–Trinajstić information content (AvgIpc) is 2.67. The number of ether oxygens (including phenoxy) is 1. The van der Waals surface area contributed by atoms with Crippen molar-refractivity contribution in [1.29, 1.82) is 0 Å². The van der Waals surface area contributed by atoms with E-state index >= 15 is 0 Å². The van der Waals surface area contributed by atoms with E-state index in [0.717, 1.165) is 17.5 Å². The number of carbonyl (C=O) groups is 3. The zero-order valence-corrected chi connectivity index (χ0v) is 16.2. The van der Waals surface area contributed by atoms with Gasteiger partial charge in [0.2, 0.25) is 5.91 Å². The number of carbonyl (C=O) groups excluding carboxylic acids is 3. The Morgan fingerprint density at radius 3 is 2.32 bits per heavy atom. The lowest BCUT2D eigenvalue weighted by Gasteiger charge is -2.11. The predicted octanol–water partition coefficient (Wildman–Crippen LogP) is 3.68. The first kappa shape index (κ1) is 20.9. The van der Waals surface area contributed by atoms with Crippen LogP contribution in [0.15, 0.2) is 54.2 Å². The first-order chi connectivity index (χ1) is 13.4. The van der Waals surface area contributed by atoms with Crippen molar-refractivity contribution in [1.82, 2.24) is 5.32 Å². The van der Waals surface area contributed by atoms with E-state index in [2.05, 4.69) is 10.6 Å². The second kappa shape index (κ2) is 10.1. The van der Waals surface area contributed by atoms with Gasteiger partial charge in [-0.2, -0.15) is 0 Å². The topological polar surface area (TPSA) is 84.5 Å². The largest absolute Gasteiger partial charge is 0.462 e. The van der Waals surface area contributed by atoms with Crippen molar-refractivity contribution in [2.24, 2.45) is 0 Å². The molecule has 2 amide bonds. The Bertz CT molecular complexity index is 886. The van der Waals surface area contributed by atoms with Crippen LogP contribution < -0.4 is 10.6 Å². The Morgan fingerprint density at radius 1 is 1.04 bits per heavy atom. The van der Waals surface area contributed by atoms with Crippen LogP contribution in [0.5, 0.6) is 0 Å². The van der Waals surface area contributed by atoms with Crippen molar-refractivity contribution in [3.05, 3.63) is 70.9 Å². The number of amides is 2. The third-order valence-electron chi connectivity index (χ3n) is 3.86. The van der Waals surface area contributed by atoms with E-state index in [9.17, 15) is 14.4 Å².